The van der Waals surface area contributed by atoms with Crippen LogP contribution in [-0.2, 0) is 14.3 Å². The summed E-state index contributed by atoms with van der Waals surface area (Å²) in [5.74, 6) is -0.669. The summed E-state index contributed by atoms with van der Waals surface area (Å²) in [6.07, 6.45) is 0. The average Bonchev–Trinajstić information content (AvgIpc) is 2.81. The number of para-hydroxylation sites is 1. The van der Waals surface area contributed by atoms with Gasteiger partial charge in [0.2, 0.25) is 0 Å². The first kappa shape index (κ1) is 21.2. The van der Waals surface area contributed by atoms with Gasteiger partial charge in [0, 0.05) is 37.4 Å². The lowest BCUT2D eigenvalue weighted by molar-refractivity contribution is -0.151. The molecule has 1 saturated heterocycles. The minimum absolute atomic E-state index is 0.238. The largest absolute Gasteiger partial charge is 0.497 e. The second-order valence-corrected chi connectivity index (χ2v) is 6.78. The number of carbonyl (C=O) groups is 3. The first-order chi connectivity index (χ1) is 14.6. The van der Waals surface area contributed by atoms with Crippen LogP contribution in [0.1, 0.15) is 10.4 Å². The van der Waals surface area contributed by atoms with E-state index in [2.05, 4.69) is 10.2 Å². The molecule has 3 rings (SSSR count). The smallest absolute Gasteiger partial charge is 0.325 e. The summed E-state index contributed by atoms with van der Waals surface area (Å²) in [5.41, 5.74) is 1.53. The predicted molar refractivity (Wildman–Crippen MR) is 112 cm³/mol. The third kappa shape index (κ3) is 5.73. The Morgan fingerprint density at radius 3 is 2.23 bits per heavy atom. The van der Waals surface area contributed by atoms with Crippen LogP contribution in [0.4, 0.5) is 5.69 Å². The fourth-order valence-corrected chi connectivity index (χ4v) is 3.13. The van der Waals surface area contributed by atoms with E-state index in [0.717, 1.165) is 18.8 Å². The van der Waals surface area contributed by atoms with E-state index in [1.165, 1.54) is 7.11 Å². The van der Waals surface area contributed by atoms with Crippen LogP contribution in [0.15, 0.2) is 54.6 Å². The molecule has 30 heavy (non-hydrogen) atoms. The molecule has 1 aliphatic heterocycles. The predicted octanol–water partition coefficient (Wildman–Crippen LogP) is 1.32. The Hall–Kier alpha value is -3.55. The van der Waals surface area contributed by atoms with Crippen molar-refractivity contribution in [2.75, 3.05) is 51.3 Å². The number of nitrogens with one attached hydrogen (secondary N) is 1. The van der Waals surface area contributed by atoms with Crippen molar-refractivity contribution in [1.29, 1.82) is 0 Å². The van der Waals surface area contributed by atoms with Crippen molar-refractivity contribution in [1.82, 2.24) is 10.2 Å². The highest BCUT2D eigenvalue weighted by molar-refractivity contribution is 5.96. The van der Waals surface area contributed by atoms with Crippen LogP contribution >= 0.6 is 0 Å². The second kappa shape index (κ2) is 10.3. The molecule has 158 valence electrons. The minimum atomic E-state index is -0.659. The maximum Gasteiger partial charge on any atom is 0.325 e. The molecule has 1 aliphatic rings. The molecule has 0 bridgehead atoms. The summed E-state index contributed by atoms with van der Waals surface area (Å²) in [6.45, 7) is 1.95. The summed E-state index contributed by atoms with van der Waals surface area (Å²) in [7, 11) is 1.54. The first-order valence-corrected chi connectivity index (χ1v) is 9.72. The number of carbonyl (C=O) groups excluding carboxylic acids is 3. The van der Waals surface area contributed by atoms with Crippen LogP contribution in [0.3, 0.4) is 0 Å². The van der Waals surface area contributed by atoms with E-state index in [9.17, 15) is 14.4 Å². The number of anilines is 1. The Kier molecular flexibility index (Phi) is 7.26. The molecule has 0 atom stereocenters. The zero-order valence-electron chi connectivity index (χ0n) is 16.9. The van der Waals surface area contributed by atoms with E-state index in [1.54, 1.807) is 29.2 Å². The number of hydrogen-bond acceptors (Lipinski definition) is 6. The highest BCUT2D eigenvalue weighted by atomic mass is 16.5. The molecule has 0 unspecified atom stereocenters. The van der Waals surface area contributed by atoms with Gasteiger partial charge in [-0.1, -0.05) is 18.2 Å². The summed E-state index contributed by atoms with van der Waals surface area (Å²) in [4.78, 5) is 40.1. The summed E-state index contributed by atoms with van der Waals surface area (Å²) in [6, 6.07) is 16.5. The van der Waals surface area contributed by atoms with Gasteiger partial charge in [-0.15, -0.1) is 0 Å². The van der Waals surface area contributed by atoms with Gasteiger partial charge in [-0.25, -0.2) is 0 Å². The van der Waals surface area contributed by atoms with Gasteiger partial charge in [0.15, 0.2) is 6.61 Å². The van der Waals surface area contributed by atoms with E-state index < -0.39 is 11.9 Å². The lowest BCUT2D eigenvalue weighted by Gasteiger charge is -2.36. The molecule has 2 amide bonds. The zero-order valence-corrected chi connectivity index (χ0v) is 16.9. The minimum Gasteiger partial charge on any atom is -0.497 e. The highest BCUT2D eigenvalue weighted by Crippen LogP contribution is 2.15. The van der Waals surface area contributed by atoms with Crippen LogP contribution in [0.2, 0.25) is 0 Å². The summed E-state index contributed by atoms with van der Waals surface area (Å²) in [5, 5.41) is 2.48. The fraction of sp³-hybridized carbons (Fsp3) is 0.318. The van der Waals surface area contributed by atoms with E-state index in [-0.39, 0.29) is 19.1 Å². The Labute approximate surface area is 175 Å². The molecule has 2 aromatic carbocycles. The maximum absolute atomic E-state index is 12.3. The number of rotatable bonds is 7. The van der Waals surface area contributed by atoms with Crippen LogP contribution in [0.5, 0.6) is 5.75 Å². The Balaban J connectivity index is 1.36. The van der Waals surface area contributed by atoms with Gasteiger partial charge in [0.1, 0.15) is 12.3 Å². The SMILES string of the molecule is COc1ccc(C(=O)NCC(=O)OCC(=O)N2CCN(c3ccccc3)CC2)cc1. The monoisotopic (exact) mass is 411 g/mol. The molecule has 0 saturated carbocycles. The Morgan fingerprint density at radius 1 is 0.933 bits per heavy atom. The third-order valence-electron chi connectivity index (χ3n) is 4.86. The van der Waals surface area contributed by atoms with Crippen molar-refractivity contribution in [3.05, 3.63) is 60.2 Å². The van der Waals surface area contributed by atoms with Gasteiger partial charge in [0.05, 0.1) is 7.11 Å². The molecule has 1 heterocycles. The standard InChI is InChI=1S/C22H25N3O5/c1-29-19-9-7-17(8-10-19)22(28)23-15-21(27)30-16-20(26)25-13-11-24(12-14-25)18-5-3-2-4-6-18/h2-10H,11-16H2,1H3,(H,23,28). The van der Waals surface area contributed by atoms with Crippen molar-refractivity contribution in [2.45, 2.75) is 0 Å². The van der Waals surface area contributed by atoms with Gasteiger partial charge in [-0.05, 0) is 36.4 Å². The highest BCUT2D eigenvalue weighted by Gasteiger charge is 2.22. The maximum atomic E-state index is 12.3. The lowest BCUT2D eigenvalue weighted by Crippen LogP contribution is -2.50. The molecule has 0 aliphatic carbocycles. The number of hydrogen-bond donors (Lipinski definition) is 1. The van der Waals surface area contributed by atoms with Gasteiger partial charge in [0.25, 0.3) is 11.8 Å². The van der Waals surface area contributed by atoms with Crippen molar-refractivity contribution in [2.24, 2.45) is 0 Å². The fourth-order valence-electron chi connectivity index (χ4n) is 3.13. The van der Waals surface area contributed by atoms with Crippen molar-refractivity contribution < 1.29 is 23.9 Å². The molecule has 8 nitrogen and oxygen atoms in total. The van der Waals surface area contributed by atoms with Crippen LogP contribution < -0.4 is 15.0 Å². The van der Waals surface area contributed by atoms with Crippen molar-refractivity contribution in [3.63, 3.8) is 0 Å². The summed E-state index contributed by atoms with van der Waals surface area (Å²) >= 11 is 0. The van der Waals surface area contributed by atoms with E-state index >= 15 is 0 Å². The molecule has 2 aromatic rings. The van der Waals surface area contributed by atoms with Crippen molar-refractivity contribution >= 4 is 23.5 Å². The van der Waals surface area contributed by atoms with Gasteiger partial charge in [-0.2, -0.15) is 0 Å². The molecule has 0 spiro atoms. The van der Waals surface area contributed by atoms with Crippen molar-refractivity contribution in [3.8, 4) is 5.75 Å². The normalized spacial score (nSPS) is 13.5. The topological polar surface area (TPSA) is 88.2 Å². The number of piperazine rings is 1. The quantitative estimate of drug-likeness (QED) is 0.692. The zero-order chi connectivity index (χ0) is 21.3. The Bertz CT molecular complexity index is 862. The molecular formula is C22H25N3O5. The number of ether oxygens (including phenoxy) is 2. The average molecular weight is 411 g/mol. The number of amides is 2. The molecule has 0 radical (unpaired) electrons. The number of nitrogens with zero attached hydrogens (tertiary/aromatic N) is 2. The van der Waals surface area contributed by atoms with Gasteiger partial charge >= 0.3 is 5.97 Å². The van der Waals surface area contributed by atoms with Gasteiger partial charge < -0.3 is 24.6 Å². The first-order valence-electron chi connectivity index (χ1n) is 9.72. The van der Waals surface area contributed by atoms with Crippen LogP contribution in [0.25, 0.3) is 0 Å². The number of benzene rings is 2. The molecule has 1 N–H and O–H groups in total. The lowest BCUT2D eigenvalue weighted by atomic mass is 10.2. The van der Waals surface area contributed by atoms with Gasteiger partial charge in [-0.3, -0.25) is 14.4 Å². The van der Waals surface area contributed by atoms with E-state index in [4.69, 9.17) is 9.47 Å². The second-order valence-electron chi connectivity index (χ2n) is 6.78. The molecule has 1 fully saturated rings. The molecular weight excluding hydrogens is 386 g/mol. The van der Waals surface area contributed by atoms with E-state index in [0.29, 0.717) is 24.4 Å². The Morgan fingerprint density at radius 2 is 1.60 bits per heavy atom. The number of methoxy groups -OCH3 is 1. The summed E-state index contributed by atoms with van der Waals surface area (Å²) < 4.78 is 10.0. The molecule has 0 aromatic heterocycles. The van der Waals surface area contributed by atoms with E-state index in [1.807, 2.05) is 30.3 Å². The molecule has 8 heteroatoms. The van der Waals surface area contributed by atoms with Crippen LogP contribution in [-0.4, -0.2) is 69.1 Å². The number of esters is 1. The third-order valence-corrected chi connectivity index (χ3v) is 4.86. The van der Waals surface area contributed by atoms with Crippen LogP contribution in [0, 0.1) is 0 Å².